The van der Waals surface area contributed by atoms with Crippen LogP contribution in [-0.4, -0.2) is 14.8 Å². The number of benzene rings is 10. The Hall–Kier alpha value is -9.08. The summed E-state index contributed by atoms with van der Waals surface area (Å²) < 4.78 is 15.8. The third-order valence-corrected chi connectivity index (χ3v) is 24.1. The molecule has 0 radical (unpaired) electrons. The van der Waals surface area contributed by atoms with Crippen LogP contribution in [0.2, 0.25) is 0 Å². The average Bonchev–Trinajstić information content (AvgIpc) is 1.18. The smallest absolute Gasteiger partial charge is 0.264 e. The normalized spacial score (nSPS) is 13.3. The molecule has 0 fully saturated rings. The number of anilines is 9. The van der Waals surface area contributed by atoms with Gasteiger partial charge >= 0.3 is 0 Å². The van der Waals surface area contributed by atoms with Crippen LogP contribution in [0.25, 0.3) is 32.0 Å². The van der Waals surface area contributed by atoms with E-state index in [4.69, 9.17) is 8.83 Å². The van der Waals surface area contributed by atoms with Gasteiger partial charge in [-0.3, -0.25) is 0 Å². The van der Waals surface area contributed by atoms with Crippen LogP contribution >= 0.6 is 11.3 Å². The molecule has 0 saturated heterocycles. The van der Waals surface area contributed by atoms with E-state index in [1.165, 1.54) is 74.6 Å². The number of hydrogen-bond acceptors (Lipinski definition) is 6. The first-order valence-corrected chi connectivity index (χ1v) is 33.0. The Morgan fingerprint density at radius 2 is 1.01 bits per heavy atom. The topological polar surface area (TPSA) is 36.0 Å². The SMILES string of the molecule is CC(C)(C)c1ccc(N2c3cc(N(c4ccccc4)c4cccc5c4oc4ccccc45)ccc3B3c4sc5ccc(C(C)(C)C)cc5c4N(c4ccc(C(C)(C)C)cc4)c4cc([Si](c5ccccc5)(c5ccccc5)c5ccoc5)cc2c43)cc1. The average molecular weight is 1150 g/mol. The molecule has 0 bridgehead atoms. The minimum atomic E-state index is -3.26. The van der Waals surface area contributed by atoms with Crippen molar-refractivity contribution >= 4 is 146 Å². The van der Waals surface area contributed by atoms with E-state index in [2.05, 4.69) is 314 Å². The molecule has 420 valence electrons. The van der Waals surface area contributed by atoms with Crippen molar-refractivity contribution in [2.45, 2.75) is 78.6 Å². The van der Waals surface area contributed by atoms with E-state index in [0.29, 0.717) is 0 Å². The third kappa shape index (κ3) is 8.54. The summed E-state index contributed by atoms with van der Waals surface area (Å²) in [5.74, 6) is 0. The van der Waals surface area contributed by atoms with Crippen molar-refractivity contribution in [1.82, 2.24) is 0 Å². The van der Waals surface area contributed by atoms with Gasteiger partial charge in [0.05, 0.1) is 23.9 Å². The largest absolute Gasteiger partial charge is 0.473 e. The zero-order chi connectivity index (χ0) is 58.9. The lowest BCUT2D eigenvalue weighted by atomic mass is 9.36. The molecule has 10 aromatic carbocycles. The lowest BCUT2D eigenvalue weighted by molar-refractivity contribution is 0.569. The van der Waals surface area contributed by atoms with Crippen molar-refractivity contribution < 1.29 is 8.83 Å². The van der Waals surface area contributed by atoms with Gasteiger partial charge in [0.25, 0.3) is 6.71 Å². The second-order valence-electron chi connectivity index (χ2n) is 26.6. The molecule has 86 heavy (non-hydrogen) atoms. The van der Waals surface area contributed by atoms with E-state index in [0.717, 1.165) is 61.8 Å². The number of hydrogen-bond donors (Lipinski definition) is 0. The predicted molar refractivity (Wildman–Crippen MR) is 370 cm³/mol. The number of thiophene rings is 1. The maximum absolute atomic E-state index is 6.91. The standard InChI is InChI=1S/C78H68BN3O2SSi/c1-76(2,3)51-32-37-55(38-33-51)81-67-47-57(80(54-22-13-10-14-23-54)66-30-21-29-63-62-28-19-20-31-70(62)84-74(63)66)41-42-65(67)79-72-68(81)48-61(86(60-44-45-83-50-60,58-24-15-11-16-25-58)59-26-17-12-18-27-59)49-69(72)82(56-39-34-52(35-40-56)77(4,5)6)73-64-46-53(78(7,8)9)36-43-71(64)85-75(73)79/h10-50H,1-9H3. The molecule has 0 atom stereocenters. The summed E-state index contributed by atoms with van der Waals surface area (Å²) in [6, 6.07) is 89.1. The van der Waals surface area contributed by atoms with Crippen LogP contribution in [0.1, 0.15) is 79.0 Å². The molecule has 13 aromatic rings. The van der Waals surface area contributed by atoms with Crippen LogP contribution in [0, 0.1) is 0 Å². The molecule has 5 nitrogen and oxygen atoms in total. The molecule has 0 saturated carbocycles. The van der Waals surface area contributed by atoms with Crippen molar-refractivity contribution in [2.24, 2.45) is 0 Å². The van der Waals surface area contributed by atoms with Gasteiger partial charge < -0.3 is 23.5 Å². The number of nitrogens with zero attached hydrogens (tertiary/aromatic N) is 3. The Labute approximate surface area is 510 Å². The summed E-state index contributed by atoms with van der Waals surface area (Å²) in [6.45, 7) is 20.7. The number of fused-ring (bicyclic) bond motifs is 9. The number of rotatable bonds is 9. The number of furan rings is 2. The summed E-state index contributed by atoms with van der Waals surface area (Å²) in [6.07, 6.45) is 3.89. The molecular formula is C78H68BN3O2SSi. The summed E-state index contributed by atoms with van der Waals surface area (Å²) >= 11 is 1.95. The van der Waals surface area contributed by atoms with Crippen LogP contribution in [0.5, 0.6) is 0 Å². The second-order valence-corrected chi connectivity index (χ2v) is 31.5. The fourth-order valence-corrected chi connectivity index (χ4v) is 19.8. The highest BCUT2D eigenvalue weighted by atomic mass is 32.1. The first-order chi connectivity index (χ1) is 41.6. The van der Waals surface area contributed by atoms with Gasteiger partial charge in [-0.2, -0.15) is 0 Å². The van der Waals surface area contributed by atoms with Gasteiger partial charge in [0, 0.05) is 65.4 Å². The fraction of sp³-hybridized carbons (Fsp3) is 0.154. The van der Waals surface area contributed by atoms with Gasteiger partial charge in [-0.05, 0) is 156 Å². The van der Waals surface area contributed by atoms with Crippen LogP contribution in [0.15, 0.2) is 258 Å². The first-order valence-electron chi connectivity index (χ1n) is 30.2. The monoisotopic (exact) mass is 1150 g/mol. The van der Waals surface area contributed by atoms with Crippen molar-refractivity contribution in [2.75, 3.05) is 14.7 Å². The van der Waals surface area contributed by atoms with Crippen molar-refractivity contribution in [3.8, 4) is 0 Å². The summed E-state index contributed by atoms with van der Waals surface area (Å²) in [4.78, 5) is 7.66. The zero-order valence-electron chi connectivity index (χ0n) is 50.3. The Bertz CT molecular complexity index is 4670. The second kappa shape index (κ2) is 20.0. The van der Waals surface area contributed by atoms with Gasteiger partial charge in [0.1, 0.15) is 5.58 Å². The van der Waals surface area contributed by atoms with Gasteiger partial charge in [-0.15, -0.1) is 11.3 Å². The zero-order valence-corrected chi connectivity index (χ0v) is 52.1. The summed E-state index contributed by atoms with van der Waals surface area (Å²) in [5, 5.41) is 8.46. The predicted octanol–water partition coefficient (Wildman–Crippen LogP) is 17.2. The highest BCUT2D eigenvalue weighted by Gasteiger charge is 2.49. The Morgan fingerprint density at radius 3 is 1.63 bits per heavy atom. The van der Waals surface area contributed by atoms with E-state index in [-0.39, 0.29) is 23.0 Å². The molecule has 2 aliphatic rings. The van der Waals surface area contributed by atoms with Crippen LogP contribution in [0.3, 0.4) is 0 Å². The minimum Gasteiger partial charge on any atom is -0.473 e. The summed E-state index contributed by atoms with van der Waals surface area (Å²) in [7, 11) is -3.26. The molecule has 8 heteroatoms. The summed E-state index contributed by atoms with van der Waals surface area (Å²) in [5.41, 5.74) is 17.9. The third-order valence-electron chi connectivity index (χ3n) is 18.2. The van der Waals surface area contributed by atoms with Gasteiger partial charge in [-0.1, -0.05) is 208 Å². The highest BCUT2D eigenvalue weighted by Crippen LogP contribution is 2.51. The minimum absolute atomic E-state index is 0.0338. The van der Waals surface area contributed by atoms with E-state index < -0.39 is 8.07 Å². The molecule has 3 aromatic heterocycles. The lowest BCUT2D eigenvalue weighted by Crippen LogP contribution is -2.75. The molecule has 15 rings (SSSR count). The first kappa shape index (κ1) is 53.6. The Morgan fingerprint density at radius 1 is 0.442 bits per heavy atom. The fourth-order valence-electron chi connectivity index (χ4n) is 13.8. The van der Waals surface area contributed by atoms with Crippen molar-refractivity contribution in [1.29, 1.82) is 0 Å². The van der Waals surface area contributed by atoms with Gasteiger partial charge in [0.15, 0.2) is 13.7 Å². The van der Waals surface area contributed by atoms with Crippen molar-refractivity contribution in [3.63, 3.8) is 0 Å². The molecular weight excluding hydrogens is 1080 g/mol. The van der Waals surface area contributed by atoms with Crippen LogP contribution in [0.4, 0.5) is 51.2 Å². The lowest BCUT2D eigenvalue weighted by Gasteiger charge is -2.45. The Balaban J connectivity index is 1.10. The van der Waals surface area contributed by atoms with E-state index in [1.807, 2.05) is 23.9 Å². The molecule has 0 N–H and O–H groups in total. The maximum atomic E-state index is 6.91. The Kier molecular flexibility index (Phi) is 12.5. The van der Waals surface area contributed by atoms with Crippen LogP contribution in [-0.2, 0) is 16.2 Å². The van der Waals surface area contributed by atoms with Gasteiger partial charge in [-0.25, -0.2) is 0 Å². The van der Waals surface area contributed by atoms with E-state index in [1.54, 1.807) is 0 Å². The molecule has 2 aliphatic heterocycles. The molecule has 0 amide bonds. The quantitative estimate of drug-likeness (QED) is 0.106. The van der Waals surface area contributed by atoms with Crippen molar-refractivity contribution in [3.05, 3.63) is 266 Å². The van der Waals surface area contributed by atoms with E-state index in [9.17, 15) is 0 Å². The molecule has 0 unspecified atom stereocenters. The molecule has 0 spiro atoms. The maximum Gasteiger partial charge on any atom is 0.264 e. The van der Waals surface area contributed by atoms with Gasteiger partial charge in [0.2, 0.25) is 0 Å². The number of para-hydroxylation sites is 3. The molecule has 0 aliphatic carbocycles. The molecule has 5 heterocycles. The highest BCUT2D eigenvalue weighted by molar-refractivity contribution is 7.33. The van der Waals surface area contributed by atoms with E-state index >= 15 is 0 Å². The van der Waals surface area contributed by atoms with Crippen LogP contribution < -0.4 is 51.1 Å².